The van der Waals surface area contributed by atoms with Crippen LogP contribution < -0.4 is 21.1 Å². The van der Waals surface area contributed by atoms with E-state index in [1.807, 2.05) is 25.1 Å². The number of rotatable bonds is 5. The number of hydrazine groups is 1. The summed E-state index contributed by atoms with van der Waals surface area (Å²) in [4.78, 5) is 12.9. The molecular formula is C21H16BBrFN5O. The van der Waals surface area contributed by atoms with Gasteiger partial charge >= 0.3 is 0 Å². The number of nitrogens with two attached hydrogens (primary N) is 1. The van der Waals surface area contributed by atoms with Crippen molar-refractivity contribution in [1.82, 2.24) is 15.0 Å². The Morgan fingerprint density at radius 3 is 2.77 bits per heavy atom. The Labute approximate surface area is 182 Å². The van der Waals surface area contributed by atoms with Gasteiger partial charge in [0, 0.05) is 21.6 Å². The van der Waals surface area contributed by atoms with Crippen LogP contribution in [-0.2, 0) is 6.61 Å². The van der Waals surface area contributed by atoms with E-state index in [2.05, 4.69) is 30.9 Å². The largest absolute Gasteiger partial charge is 0.488 e. The summed E-state index contributed by atoms with van der Waals surface area (Å²) in [7, 11) is 6.20. The van der Waals surface area contributed by atoms with Gasteiger partial charge in [0.2, 0.25) is 0 Å². The van der Waals surface area contributed by atoms with E-state index >= 15 is 0 Å². The number of benzene rings is 2. The van der Waals surface area contributed by atoms with E-state index in [9.17, 15) is 4.39 Å². The van der Waals surface area contributed by atoms with Crippen LogP contribution in [0.15, 0.2) is 59.3 Å². The van der Waals surface area contributed by atoms with E-state index in [0.29, 0.717) is 32.4 Å². The Balaban J connectivity index is 1.67. The number of hydrogen-bond donors (Lipinski definition) is 1. The molecule has 4 rings (SSSR count). The number of ether oxygens (including phenoxy) is 1. The molecule has 0 aliphatic heterocycles. The highest BCUT2D eigenvalue weighted by atomic mass is 79.9. The third-order valence-corrected chi connectivity index (χ3v) is 4.96. The average molecular weight is 464 g/mol. The van der Waals surface area contributed by atoms with E-state index in [4.69, 9.17) is 18.4 Å². The molecule has 0 saturated carbocycles. The molecule has 2 aromatic carbocycles. The van der Waals surface area contributed by atoms with Crippen LogP contribution in [0.3, 0.4) is 0 Å². The maximum absolute atomic E-state index is 14.4. The monoisotopic (exact) mass is 463 g/mol. The lowest BCUT2D eigenvalue weighted by Gasteiger charge is -2.20. The molecule has 0 atom stereocenters. The third-order valence-electron chi connectivity index (χ3n) is 4.46. The average Bonchev–Trinajstić information content (AvgIpc) is 2.71. The Kier molecular flexibility index (Phi) is 5.65. The van der Waals surface area contributed by atoms with Crippen molar-refractivity contribution in [2.24, 2.45) is 5.84 Å². The molecule has 4 aromatic rings. The van der Waals surface area contributed by atoms with Crippen LogP contribution in [0.5, 0.6) is 5.75 Å². The zero-order chi connectivity index (χ0) is 21.3. The van der Waals surface area contributed by atoms with Crippen molar-refractivity contribution < 1.29 is 9.13 Å². The first-order chi connectivity index (χ1) is 14.4. The number of halogens is 2. The fraction of sp³-hybridized carbons (Fsp3) is 0.0952. The number of nitrogens with zero attached hydrogens (tertiary/aromatic N) is 4. The molecule has 2 N–H and O–H groups in total. The minimum Gasteiger partial charge on any atom is -0.488 e. The second kappa shape index (κ2) is 8.37. The van der Waals surface area contributed by atoms with Crippen molar-refractivity contribution in [2.75, 3.05) is 5.01 Å². The summed E-state index contributed by atoms with van der Waals surface area (Å²) < 4.78 is 20.8. The quantitative estimate of drug-likeness (QED) is 0.276. The van der Waals surface area contributed by atoms with Crippen LogP contribution in [0, 0.1) is 12.7 Å². The van der Waals surface area contributed by atoms with Crippen molar-refractivity contribution in [3.8, 4) is 5.75 Å². The Morgan fingerprint density at radius 2 is 2.00 bits per heavy atom. The molecule has 6 nitrogen and oxygen atoms in total. The maximum Gasteiger partial charge on any atom is 0.158 e. The predicted molar refractivity (Wildman–Crippen MR) is 119 cm³/mol. The summed E-state index contributed by atoms with van der Waals surface area (Å²) >= 11 is 3.23. The van der Waals surface area contributed by atoms with E-state index in [1.54, 1.807) is 24.3 Å². The molecule has 2 heterocycles. The molecule has 0 fully saturated rings. The fourth-order valence-electron chi connectivity index (χ4n) is 3.03. The highest BCUT2D eigenvalue weighted by Gasteiger charge is 2.16. The molecule has 2 radical (unpaired) electrons. The molecule has 0 bridgehead atoms. The Morgan fingerprint density at radius 1 is 1.17 bits per heavy atom. The van der Waals surface area contributed by atoms with Gasteiger partial charge in [0.25, 0.3) is 0 Å². The third kappa shape index (κ3) is 4.12. The highest BCUT2D eigenvalue weighted by Crippen LogP contribution is 2.30. The van der Waals surface area contributed by atoms with Crippen molar-refractivity contribution in [3.05, 3.63) is 76.5 Å². The van der Waals surface area contributed by atoms with Gasteiger partial charge in [0.15, 0.2) is 5.82 Å². The Bertz CT molecular complexity index is 1240. The second-order valence-electron chi connectivity index (χ2n) is 6.63. The van der Waals surface area contributed by atoms with Crippen LogP contribution in [0.1, 0.15) is 11.4 Å². The predicted octanol–water partition coefficient (Wildman–Crippen LogP) is 3.62. The molecule has 0 aliphatic carbocycles. The van der Waals surface area contributed by atoms with Gasteiger partial charge in [-0.2, -0.15) is 0 Å². The van der Waals surface area contributed by atoms with Crippen molar-refractivity contribution in [1.29, 1.82) is 0 Å². The minimum atomic E-state index is -0.489. The summed E-state index contributed by atoms with van der Waals surface area (Å²) in [5, 5.41) is 1.74. The molecule has 0 amide bonds. The van der Waals surface area contributed by atoms with E-state index in [1.165, 1.54) is 17.4 Å². The number of anilines is 2. The normalized spacial score (nSPS) is 10.9. The molecule has 0 saturated heterocycles. The first-order valence-corrected chi connectivity index (χ1v) is 9.81. The summed E-state index contributed by atoms with van der Waals surface area (Å²) in [5.41, 5.74) is 2.81. The van der Waals surface area contributed by atoms with Crippen LogP contribution in [0.25, 0.3) is 10.9 Å². The number of fused-ring (bicyclic) bond motifs is 1. The molecule has 2 aromatic heterocycles. The van der Waals surface area contributed by atoms with Crippen LogP contribution in [0.2, 0.25) is 0 Å². The fourth-order valence-corrected chi connectivity index (χ4v) is 3.36. The topological polar surface area (TPSA) is 77.2 Å². The number of aromatic nitrogens is 3. The second-order valence-corrected chi connectivity index (χ2v) is 7.54. The number of aryl methyl sites for hydroxylation is 1. The van der Waals surface area contributed by atoms with Crippen molar-refractivity contribution in [3.63, 3.8) is 0 Å². The molecule has 148 valence electrons. The lowest BCUT2D eigenvalue weighted by atomic mass is 9.93. The molecule has 9 heteroatoms. The maximum atomic E-state index is 14.4. The standard InChI is InChI=1S/C21H16BBrFN5O/c1-12-3-2-4-14(28-12)10-30-20-9-18-15(8-16(20)22)21(27-11-26-18)29(25)19-6-5-13(23)7-17(19)24/h2-9,11H,10,25H2,1H3. The van der Waals surface area contributed by atoms with Gasteiger partial charge in [-0.15, -0.1) is 0 Å². The van der Waals surface area contributed by atoms with Crippen LogP contribution >= 0.6 is 15.9 Å². The Hall–Kier alpha value is -3.04. The SMILES string of the molecule is [B]c1cc2c(N(N)c3ccc(Br)cc3F)ncnc2cc1OCc1cccc(C)n1. The first kappa shape index (κ1) is 20.2. The molecule has 0 aliphatic rings. The minimum absolute atomic E-state index is 0.169. The van der Waals surface area contributed by atoms with Gasteiger partial charge in [-0.05, 0) is 37.3 Å². The lowest BCUT2D eigenvalue weighted by molar-refractivity contribution is 0.304. The van der Waals surface area contributed by atoms with Gasteiger partial charge in [0.05, 0.1) is 16.9 Å². The zero-order valence-corrected chi connectivity index (χ0v) is 17.6. The summed E-state index contributed by atoms with van der Waals surface area (Å²) in [6, 6.07) is 13.7. The lowest BCUT2D eigenvalue weighted by Crippen LogP contribution is -2.27. The summed E-state index contributed by atoms with van der Waals surface area (Å²) in [6.07, 6.45) is 1.36. The molecule has 0 unspecified atom stereocenters. The molecule has 0 spiro atoms. The number of hydrogen-bond acceptors (Lipinski definition) is 6. The van der Waals surface area contributed by atoms with Crippen LogP contribution in [-0.4, -0.2) is 22.8 Å². The van der Waals surface area contributed by atoms with E-state index in [0.717, 1.165) is 11.4 Å². The van der Waals surface area contributed by atoms with Gasteiger partial charge in [-0.3, -0.25) is 9.99 Å². The van der Waals surface area contributed by atoms with E-state index in [-0.39, 0.29) is 12.3 Å². The summed E-state index contributed by atoms with van der Waals surface area (Å²) in [5.74, 6) is 6.47. The van der Waals surface area contributed by atoms with Gasteiger partial charge in [-0.1, -0.05) is 33.5 Å². The van der Waals surface area contributed by atoms with Crippen molar-refractivity contribution >= 4 is 51.6 Å². The smallest absolute Gasteiger partial charge is 0.158 e. The van der Waals surface area contributed by atoms with Gasteiger partial charge in [0.1, 0.15) is 32.3 Å². The summed E-state index contributed by atoms with van der Waals surface area (Å²) in [6.45, 7) is 2.18. The van der Waals surface area contributed by atoms with Gasteiger partial charge < -0.3 is 4.74 Å². The van der Waals surface area contributed by atoms with E-state index < -0.39 is 5.82 Å². The van der Waals surface area contributed by atoms with Crippen molar-refractivity contribution in [2.45, 2.75) is 13.5 Å². The van der Waals surface area contributed by atoms with Gasteiger partial charge in [-0.25, -0.2) is 20.2 Å². The first-order valence-electron chi connectivity index (χ1n) is 9.02. The molecule has 30 heavy (non-hydrogen) atoms. The zero-order valence-electron chi connectivity index (χ0n) is 16.0. The highest BCUT2D eigenvalue weighted by molar-refractivity contribution is 9.10. The molecular weight excluding hydrogens is 448 g/mol. The number of pyridine rings is 1. The van der Waals surface area contributed by atoms with Crippen LogP contribution in [0.4, 0.5) is 15.9 Å².